The Morgan fingerprint density at radius 2 is 0.862 bits per heavy atom. The van der Waals surface area contributed by atoms with Crippen LogP contribution in [-0.2, 0) is 14.3 Å². The molecule has 1 amide bonds. The normalized spacial score (nSPS) is 12.8. The minimum Gasteiger partial charge on any atom is -0.466 e. The van der Waals surface area contributed by atoms with Crippen LogP contribution in [0.2, 0.25) is 0 Å². The number of carbonyl (C=O) groups excluding carboxylic acids is 2. The first-order valence-electron chi connectivity index (χ1n) is 25.6. The Kier molecular flexibility index (Phi) is 46.6. The topological polar surface area (TPSA) is 95.9 Å². The average molecular weight is 818 g/mol. The summed E-state index contributed by atoms with van der Waals surface area (Å²) in [5.41, 5.74) is 0. The molecule has 0 spiro atoms. The predicted octanol–water partition coefficient (Wildman–Crippen LogP) is 15.1. The van der Waals surface area contributed by atoms with Gasteiger partial charge < -0.3 is 20.3 Å². The lowest BCUT2D eigenvalue weighted by Crippen LogP contribution is -2.45. The van der Waals surface area contributed by atoms with Gasteiger partial charge in [0.05, 0.1) is 25.4 Å². The van der Waals surface area contributed by atoms with Crippen molar-refractivity contribution in [1.82, 2.24) is 5.32 Å². The second kappa shape index (κ2) is 48.0. The van der Waals surface area contributed by atoms with Gasteiger partial charge in [0.25, 0.3) is 0 Å². The molecule has 3 N–H and O–H groups in total. The summed E-state index contributed by atoms with van der Waals surface area (Å²) in [4.78, 5) is 24.4. The smallest absolute Gasteiger partial charge is 0.305 e. The van der Waals surface area contributed by atoms with E-state index in [2.05, 4.69) is 43.5 Å². The molecule has 2 atom stereocenters. The molecule has 0 saturated carbocycles. The van der Waals surface area contributed by atoms with E-state index >= 15 is 0 Å². The number of aliphatic hydroxyl groups is 2. The maximum absolute atomic E-state index is 12.4. The van der Waals surface area contributed by atoms with E-state index in [-0.39, 0.29) is 18.5 Å². The first-order valence-corrected chi connectivity index (χ1v) is 25.6. The van der Waals surface area contributed by atoms with E-state index in [1.165, 1.54) is 154 Å². The van der Waals surface area contributed by atoms with Crippen molar-refractivity contribution in [2.75, 3.05) is 13.2 Å². The van der Waals surface area contributed by atoms with Crippen molar-refractivity contribution < 1.29 is 24.5 Å². The Morgan fingerprint density at radius 1 is 0.483 bits per heavy atom. The van der Waals surface area contributed by atoms with Gasteiger partial charge in [0.2, 0.25) is 5.91 Å². The Balaban J connectivity index is 3.50. The fourth-order valence-corrected chi connectivity index (χ4v) is 7.79. The first-order chi connectivity index (χ1) is 28.5. The van der Waals surface area contributed by atoms with Crippen LogP contribution < -0.4 is 5.32 Å². The molecule has 0 aliphatic carbocycles. The Bertz CT molecular complexity index is 904. The van der Waals surface area contributed by atoms with Gasteiger partial charge in [-0.3, -0.25) is 9.59 Å². The Hall–Kier alpha value is -1.66. The van der Waals surface area contributed by atoms with Crippen LogP contribution >= 0.6 is 0 Å². The molecule has 0 rings (SSSR count). The summed E-state index contributed by atoms with van der Waals surface area (Å²) >= 11 is 0. The molecule has 0 fully saturated rings. The standard InChI is InChI=1S/C52H99NO5/c1-3-5-7-9-11-13-15-24-28-32-36-40-44-50(55)49(48-54)53-51(56)45-41-37-33-29-25-22-20-18-17-19-21-23-27-31-35-39-43-47-58-52(57)46-42-38-34-30-26-16-14-12-10-8-6-4-2/h17,19,23,27,49-50,54-55H,3-16,18,20-22,24-26,28-48H2,1-2H3,(H,53,56)/b19-17-,27-23-. The van der Waals surface area contributed by atoms with Crippen LogP contribution in [0.3, 0.4) is 0 Å². The molecular weight excluding hydrogens is 719 g/mol. The third-order valence-corrected chi connectivity index (χ3v) is 11.8. The number of rotatable bonds is 47. The number of carbonyl (C=O) groups is 2. The van der Waals surface area contributed by atoms with Crippen LogP contribution in [0.25, 0.3) is 0 Å². The average Bonchev–Trinajstić information content (AvgIpc) is 3.22. The second-order valence-electron chi connectivity index (χ2n) is 17.5. The summed E-state index contributed by atoms with van der Waals surface area (Å²) in [7, 11) is 0. The van der Waals surface area contributed by atoms with E-state index in [4.69, 9.17) is 4.74 Å². The van der Waals surface area contributed by atoms with E-state index in [1.807, 2.05) is 0 Å². The Labute approximate surface area is 361 Å². The van der Waals surface area contributed by atoms with Crippen molar-refractivity contribution in [2.45, 2.75) is 283 Å². The van der Waals surface area contributed by atoms with Gasteiger partial charge in [-0.05, 0) is 64.2 Å². The van der Waals surface area contributed by atoms with Crippen molar-refractivity contribution in [3.05, 3.63) is 24.3 Å². The number of nitrogens with one attached hydrogen (secondary N) is 1. The number of allylic oxidation sites excluding steroid dienone is 4. The van der Waals surface area contributed by atoms with Crippen LogP contribution in [0.15, 0.2) is 24.3 Å². The van der Waals surface area contributed by atoms with Gasteiger partial charge in [0, 0.05) is 12.8 Å². The van der Waals surface area contributed by atoms with Crippen molar-refractivity contribution in [3.8, 4) is 0 Å². The number of esters is 1. The number of hydrogen-bond acceptors (Lipinski definition) is 5. The summed E-state index contributed by atoms with van der Waals surface area (Å²) in [5, 5.41) is 23.1. The summed E-state index contributed by atoms with van der Waals surface area (Å²) in [6.45, 7) is 4.90. The highest BCUT2D eigenvalue weighted by atomic mass is 16.5. The fraction of sp³-hybridized carbons (Fsp3) is 0.885. The first kappa shape index (κ1) is 56.3. The lowest BCUT2D eigenvalue weighted by atomic mass is 10.0. The summed E-state index contributed by atoms with van der Waals surface area (Å²) < 4.78 is 5.43. The lowest BCUT2D eigenvalue weighted by Gasteiger charge is -2.22. The molecule has 0 aliphatic heterocycles. The maximum Gasteiger partial charge on any atom is 0.305 e. The van der Waals surface area contributed by atoms with Gasteiger partial charge in [0.15, 0.2) is 0 Å². The third kappa shape index (κ3) is 43.9. The molecular formula is C52H99NO5. The number of amides is 1. The van der Waals surface area contributed by atoms with Gasteiger partial charge in [0.1, 0.15) is 0 Å². The van der Waals surface area contributed by atoms with Gasteiger partial charge >= 0.3 is 5.97 Å². The minimum absolute atomic E-state index is 0.0151. The highest BCUT2D eigenvalue weighted by molar-refractivity contribution is 5.76. The molecule has 0 saturated heterocycles. The van der Waals surface area contributed by atoms with Crippen molar-refractivity contribution in [1.29, 1.82) is 0 Å². The van der Waals surface area contributed by atoms with Gasteiger partial charge in [-0.1, -0.05) is 218 Å². The van der Waals surface area contributed by atoms with Crippen LogP contribution in [0.1, 0.15) is 271 Å². The SMILES string of the molecule is CCCCCCCCCCCCCCC(=O)OCCCCC/C=C\C/C=C\CCCCCCCCCC(=O)NC(CO)C(O)CCCCCCCCCCCCCC. The summed E-state index contributed by atoms with van der Waals surface area (Å²) in [6, 6.07) is -0.552. The van der Waals surface area contributed by atoms with E-state index in [0.29, 0.717) is 25.9 Å². The number of unbranched alkanes of at least 4 members (excludes halogenated alkanes) is 32. The summed E-state index contributed by atoms with van der Waals surface area (Å²) in [6.07, 6.45) is 55.8. The highest BCUT2D eigenvalue weighted by Crippen LogP contribution is 2.16. The van der Waals surface area contributed by atoms with Crippen LogP contribution in [0.4, 0.5) is 0 Å². The monoisotopic (exact) mass is 818 g/mol. The van der Waals surface area contributed by atoms with E-state index in [1.54, 1.807) is 0 Å². The largest absolute Gasteiger partial charge is 0.466 e. The molecule has 6 heteroatoms. The molecule has 2 unspecified atom stereocenters. The molecule has 0 aromatic heterocycles. The van der Waals surface area contributed by atoms with Gasteiger partial charge in [-0.15, -0.1) is 0 Å². The van der Waals surface area contributed by atoms with Crippen LogP contribution in [-0.4, -0.2) is 47.4 Å². The molecule has 0 bridgehead atoms. The zero-order chi connectivity index (χ0) is 42.3. The molecule has 342 valence electrons. The molecule has 0 aliphatic rings. The maximum atomic E-state index is 12.4. The predicted molar refractivity (Wildman–Crippen MR) is 250 cm³/mol. The highest BCUT2D eigenvalue weighted by Gasteiger charge is 2.20. The van der Waals surface area contributed by atoms with Crippen molar-refractivity contribution in [2.24, 2.45) is 0 Å². The quantitative estimate of drug-likeness (QED) is 0.0323. The Morgan fingerprint density at radius 3 is 1.31 bits per heavy atom. The number of ether oxygens (including phenoxy) is 1. The van der Waals surface area contributed by atoms with Gasteiger partial charge in [-0.2, -0.15) is 0 Å². The van der Waals surface area contributed by atoms with E-state index in [9.17, 15) is 19.8 Å². The molecule has 0 aromatic rings. The third-order valence-electron chi connectivity index (χ3n) is 11.8. The zero-order valence-electron chi connectivity index (χ0n) is 38.8. The van der Waals surface area contributed by atoms with E-state index < -0.39 is 12.1 Å². The number of hydrogen-bond donors (Lipinski definition) is 3. The second-order valence-corrected chi connectivity index (χ2v) is 17.5. The molecule has 58 heavy (non-hydrogen) atoms. The molecule has 6 nitrogen and oxygen atoms in total. The lowest BCUT2D eigenvalue weighted by molar-refractivity contribution is -0.143. The van der Waals surface area contributed by atoms with E-state index in [0.717, 1.165) is 83.5 Å². The molecule has 0 radical (unpaired) electrons. The number of aliphatic hydroxyl groups excluding tert-OH is 2. The molecule has 0 heterocycles. The fourth-order valence-electron chi connectivity index (χ4n) is 7.79. The minimum atomic E-state index is -0.673. The van der Waals surface area contributed by atoms with Crippen molar-refractivity contribution >= 4 is 11.9 Å². The zero-order valence-corrected chi connectivity index (χ0v) is 38.8. The van der Waals surface area contributed by atoms with Crippen molar-refractivity contribution in [3.63, 3.8) is 0 Å². The van der Waals surface area contributed by atoms with Crippen LogP contribution in [0.5, 0.6) is 0 Å². The summed E-state index contributed by atoms with van der Waals surface area (Å²) in [5.74, 6) is -0.0670. The van der Waals surface area contributed by atoms with Crippen LogP contribution in [0, 0.1) is 0 Å². The van der Waals surface area contributed by atoms with Gasteiger partial charge in [-0.25, -0.2) is 0 Å². The molecule has 0 aromatic carbocycles.